The number of hydrogen-bond donors (Lipinski definition) is 3. The second kappa shape index (κ2) is 5.55. The highest BCUT2D eigenvalue weighted by Crippen LogP contribution is 2.02. The molecule has 0 aromatic heterocycles. The first-order valence-electron chi connectivity index (χ1n) is 4.62. The maximum Gasteiger partial charge on any atom is 0.331 e. The Morgan fingerprint density at radius 1 is 1.25 bits per heavy atom. The molecule has 1 amide bonds. The van der Waals surface area contributed by atoms with Crippen molar-refractivity contribution in [3.63, 3.8) is 0 Å². The molecule has 3 N–H and O–H groups in total. The van der Waals surface area contributed by atoms with E-state index in [0.29, 0.717) is 0 Å². The molecule has 0 fully saturated rings. The summed E-state index contributed by atoms with van der Waals surface area (Å²) in [6, 6.07) is 9.02. The summed E-state index contributed by atoms with van der Waals surface area (Å²) in [5, 5.41) is 8.55. The van der Waals surface area contributed by atoms with Crippen LogP contribution in [-0.4, -0.2) is 17.0 Å². The average Bonchev–Trinajstić information content (AvgIpc) is 2.27. The zero-order valence-corrected chi connectivity index (χ0v) is 8.73. The molecule has 5 nitrogen and oxygen atoms in total. The van der Waals surface area contributed by atoms with Gasteiger partial charge in [0.1, 0.15) is 0 Å². The Kier molecular flexibility index (Phi) is 4.08. The molecule has 16 heavy (non-hydrogen) atoms. The summed E-state index contributed by atoms with van der Waals surface area (Å²) in [4.78, 5) is 21.7. The Balaban J connectivity index is 2.48. The first kappa shape index (κ1) is 11.8. The predicted octanol–water partition coefficient (Wildman–Crippen LogP) is 1.16. The van der Waals surface area contributed by atoms with Crippen LogP contribution in [0.15, 0.2) is 42.0 Å². The number of nitrogens with one attached hydrogen (secondary N) is 2. The van der Waals surface area contributed by atoms with Crippen LogP contribution in [0, 0.1) is 0 Å². The summed E-state index contributed by atoms with van der Waals surface area (Å²) in [5.41, 5.74) is 5.71. The number of amides is 1. The SMILES string of the molecule is CC(=CC(=O)NNc1ccccc1)C(=O)O. The van der Waals surface area contributed by atoms with Crippen molar-refractivity contribution in [2.45, 2.75) is 6.92 Å². The number of carbonyl (C=O) groups excluding carboxylic acids is 1. The number of aliphatic carboxylic acids is 1. The Labute approximate surface area is 92.8 Å². The van der Waals surface area contributed by atoms with E-state index in [1.807, 2.05) is 18.2 Å². The summed E-state index contributed by atoms with van der Waals surface area (Å²) < 4.78 is 0. The maximum atomic E-state index is 11.2. The Hall–Kier alpha value is -2.30. The lowest BCUT2D eigenvalue weighted by molar-refractivity contribution is -0.133. The smallest absolute Gasteiger partial charge is 0.331 e. The number of carboxylic acids is 1. The molecule has 0 spiro atoms. The van der Waals surface area contributed by atoms with E-state index in [4.69, 9.17) is 5.11 Å². The van der Waals surface area contributed by atoms with Crippen molar-refractivity contribution in [1.82, 2.24) is 5.43 Å². The number of rotatable bonds is 4. The number of hydrazine groups is 1. The largest absolute Gasteiger partial charge is 0.478 e. The van der Waals surface area contributed by atoms with Gasteiger partial charge in [-0.15, -0.1) is 0 Å². The standard InChI is InChI=1S/C11H12N2O3/c1-8(11(15)16)7-10(14)13-12-9-5-3-2-4-6-9/h2-7,12H,1H3,(H,13,14)(H,15,16). The van der Waals surface area contributed by atoms with Gasteiger partial charge >= 0.3 is 5.97 Å². The fourth-order valence-corrected chi connectivity index (χ4v) is 0.950. The van der Waals surface area contributed by atoms with E-state index >= 15 is 0 Å². The fourth-order valence-electron chi connectivity index (χ4n) is 0.950. The fraction of sp³-hybridized carbons (Fsp3) is 0.0909. The minimum Gasteiger partial charge on any atom is -0.478 e. The van der Waals surface area contributed by atoms with E-state index in [1.165, 1.54) is 6.92 Å². The predicted molar refractivity (Wildman–Crippen MR) is 59.6 cm³/mol. The van der Waals surface area contributed by atoms with E-state index in [0.717, 1.165) is 11.8 Å². The number of anilines is 1. The summed E-state index contributed by atoms with van der Waals surface area (Å²) in [6.45, 7) is 1.35. The molecular weight excluding hydrogens is 208 g/mol. The van der Waals surface area contributed by atoms with Gasteiger partial charge < -0.3 is 5.11 Å². The normalized spacial score (nSPS) is 10.7. The highest BCUT2D eigenvalue weighted by atomic mass is 16.4. The molecule has 0 radical (unpaired) electrons. The third-order valence-corrected chi connectivity index (χ3v) is 1.79. The van der Waals surface area contributed by atoms with Crippen molar-refractivity contribution >= 4 is 17.6 Å². The molecule has 0 saturated heterocycles. The Bertz CT molecular complexity index is 412. The molecule has 0 aliphatic carbocycles. The first-order chi connectivity index (χ1) is 7.59. The molecular formula is C11H12N2O3. The van der Waals surface area contributed by atoms with Crippen LogP contribution in [0.3, 0.4) is 0 Å². The van der Waals surface area contributed by atoms with Crippen molar-refractivity contribution in [3.05, 3.63) is 42.0 Å². The zero-order valence-electron chi connectivity index (χ0n) is 8.73. The molecule has 0 aliphatic rings. The van der Waals surface area contributed by atoms with Crippen molar-refractivity contribution in [2.24, 2.45) is 0 Å². The molecule has 1 aromatic carbocycles. The quantitative estimate of drug-likeness (QED) is 0.525. The number of benzene rings is 1. The molecule has 0 aliphatic heterocycles. The van der Waals surface area contributed by atoms with Gasteiger partial charge in [0.05, 0.1) is 5.69 Å². The van der Waals surface area contributed by atoms with Gasteiger partial charge in [-0.25, -0.2) is 4.79 Å². The van der Waals surface area contributed by atoms with Gasteiger partial charge in [0.2, 0.25) is 0 Å². The lowest BCUT2D eigenvalue weighted by atomic mass is 10.3. The molecule has 1 rings (SSSR count). The molecule has 0 saturated carbocycles. The topological polar surface area (TPSA) is 78.4 Å². The molecule has 0 heterocycles. The number of carboxylic acid groups (broad SMARTS) is 1. The van der Waals surface area contributed by atoms with Crippen molar-refractivity contribution < 1.29 is 14.7 Å². The molecule has 0 bridgehead atoms. The number of para-hydroxylation sites is 1. The van der Waals surface area contributed by atoms with Crippen LogP contribution in [-0.2, 0) is 9.59 Å². The highest BCUT2D eigenvalue weighted by molar-refractivity contribution is 5.97. The van der Waals surface area contributed by atoms with Gasteiger partial charge in [0.25, 0.3) is 5.91 Å². The van der Waals surface area contributed by atoms with Gasteiger partial charge in [-0.2, -0.15) is 0 Å². The number of carbonyl (C=O) groups is 2. The van der Waals surface area contributed by atoms with E-state index in [1.54, 1.807) is 12.1 Å². The van der Waals surface area contributed by atoms with Gasteiger partial charge in [0.15, 0.2) is 0 Å². The van der Waals surface area contributed by atoms with Gasteiger partial charge in [-0.3, -0.25) is 15.6 Å². The van der Waals surface area contributed by atoms with Crippen LogP contribution in [0.5, 0.6) is 0 Å². The van der Waals surface area contributed by atoms with E-state index < -0.39 is 11.9 Å². The monoisotopic (exact) mass is 220 g/mol. The van der Waals surface area contributed by atoms with Gasteiger partial charge in [-0.05, 0) is 19.1 Å². The van der Waals surface area contributed by atoms with Crippen LogP contribution >= 0.6 is 0 Å². The third-order valence-electron chi connectivity index (χ3n) is 1.79. The summed E-state index contributed by atoms with van der Waals surface area (Å²) >= 11 is 0. The molecule has 84 valence electrons. The highest BCUT2D eigenvalue weighted by Gasteiger charge is 2.03. The van der Waals surface area contributed by atoms with Crippen LogP contribution in [0.1, 0.15) is 6.92 Å². The van der Waals surface area contributed by atoms with Gasteiger partial charge in [0, 0.05) is 11.6 Å². The lowest BCUT2D eigenvalue weighted by Crippen LogP contribution is -2.28. The van der Waals surface area contributed by atoms with Crippen molar-refractivity contribution in [2.75, 3.05) is 5.43 Å². The molecule has 5 heteroatoms. The third kappa shape index (κ3) is 3.83. The average molecular weight is 220 g/mol. The second-order valence-electron chi connectivity index (χ2n) is 3.11. The first-order valence-corrected chi connectivity index (χ1v) is 4.62. The number of hydrogen-bond acceptors (Lipinski definition) is 3. The zero-order chi connectivity index (χ0) is 12.0. The Morgan fingerprint density at radius 2 is 1.88 bits per heavy atom. The summed E-state index contributed by atoms with van der Waals surface area (Å²) in [6.07, 6.45) is 1.01. The summed E-state index contributed by atoms with van der Waals surface area (Å²) in [5.74, 6) is -1.63. The van der Waals surface area contributed by atoms with Crippen molar-refractivity contribution in [1.29, 1.82) is 0 Å². The Morgan fingerprint density at radius 3 is 2.44 bits per heavy atom. The minimum absolute atomic E-state index is 0.0210. The lowest BCUT2D eigenvalue weighted by Gasteiger charge is -2.05. The maximum absolute atomic E-state index is 11.2. The van der Waals surface area contributed by atoms with Crippen LogP contribution in [0.25, 0.3) is 0 Å². The van der Waals surface area contributed by atoms with E-state index in [2.05, 4.69) is 10.9 Å². The molecule has 0 atom stereocenters. The van der Waals surface area contributed by atoms with E-state index in [-0.39, 0.29) is 5.57 Å². The second-order valence-corrected chi connectivity index (χ2v) is 3.11. The minimum atomic E-state index is -1.12. The molecule has 1 aromatic rings. The summed E-state index contributed by atoms with van der Waals surface area (Å²) in [7, 11) is 0. The van der Waals surface area contributed by atoms with Crippen LogP contribution in [0.2, 0.25) is 0 Å². The van der Waals surface area contributed by atoms with E-state index in [9.17, 15) is 9.59 Å². The van der Waals surface area contributed by atoms with Crippen LogP contribution in [0.4, 0.5) is 5.69 Å². The van der Waals surface area contributed by atoms with Gasteiger partial charge in [-0.1, -0.05) is 18.2 Å². The molecule has 0 unspecified atom stereocenters. The van der Waals surface area contributed by atoms with Crippen molar-refractivity contribution in [3.8, 4) is 0 Å². The van der Waals surface area contributed by atoms with Crippen LogP contribution < -0.4 is 10.9 Å².